The van der Waals surface area contributed by atoms with Crippen LogP contribution in [0.5, 0.6) is 0 Å². The first-order valence-electron chi connectivity index (χ1n) is 9.11. The molecular formula is C19H24FN3O4. The predicted molar refractivity (Wildman–Crippen MR) is 95.6 cm³/mol. The highest BCUT2D eigenvalue weighted by Gasteiger charge is 2.55. The minimum Gasteiger partial charge on any atom is -0.481 e. The molecule has 2 aliphatic heterocycles. The Morgan fingerprint density at radius 1 is 1.30 bits per heavy atom. The summed E-state index contributed by atoms with van der Waals surface area (Å²) in [6.45, 7) is 1.08. The van der Waals surface area contributed by atoms with Crippen LogP contribution in [0.15, 0.2) is 24.3 Å². The van der Waals surface area contributed by atoms with Crippen molar-refractivity contribution >= 4 is 17.9 Å². The molecule has 0 aliphatic carbocycles. The molecule has 8 heteroatoms. The van der Waals surface area contributed by atoms with Crippen LogP contribution in [0.25, 0.3) is 0 Å². The lowest BCUT2D eigenvalue weighted by Crippen LogP contribution is -2.58. The van der Waals surface area contributed by atoms with Crippen molar-refractivity contribution in [3.05, 3.63) is 35.6 Å². The molecule has 146 valence electrons. The zero-order valence-electron chi connectivity index (χ0n) is 15.3. The Balaban J connectivity index is 1.54. The van der Waals surface area contributed by atoms with Crippen LogP contribution < -0.4 is 5.32 Å². The number of rotatable bonds is 4. The SMILES string of the molecule is CN1C(=O)C[C@@H](C(=O)O)C12CCN(C(=O)NCCc1ccccc1F)CC2. The third-order valence-corrected chi connectivity index (χ3v) is 5.91. The molecule has 27 heavy (non-hydrogen) atoms. The van der Waals surface area contributed by atoms with Gasteiger partial charge in [0.2, 0.25) is 5.91 Å². The summed E-state index contributed by atoms with van der Waals surface area (Å²) in [5, 5.41) is 12.3. The lowest BCUT2D eigenvalue weighted by Gasteiger charge is -2.45. The van der Waals surface area contributed by atoms with Crippen LogP contribution in [0.1, 0.15) is 24.8 Å². The predicted octanol–water partition coefficient (Wildman–Crippen LogP) is 1.48. The van der Waals surface area contributed by atoms with Gasteiger partial charge in [-0.15, -0.1) is 0 Å². The molecule has 2 heterocycles. The van der Waals surface area contributed by atoms with Crippen molar-refractivity contribution < 1.29 is 23.9 Å². The van der Waals surface area contributed by atoms with Gasteiger partial charge in [0.05, 0.1) is 11.5 Å². The maximum absolute atomic E-state index is 13.6. The van der Waals surface area contributed by atoms with Gasteiger partial charge < -0.3 is 20.2 Å². The summed E-state index contributed by atoms with van der Waals surface area (Å²) < 4.78 is 13.6. The number of halogens is 1. The number of nitrogens with one attached hydrogen (secondary N) is 1. The number of amides is 3. The molecule has 0 saturated carbocycles. The smallest absolute Gasteiger partial charge is 0.317 e. The second kappa shape index (κ2) is 7.54. The van der Waals surface area contributed by atoms with Gasteiger partial charge >= 0.3 is 12.0 Å². The summed E-state index contributed by atoms with van der Waals surface area (Å²) in [5.74, 6) is -2.15. The van der Waals surface area contributed by atoms with Crippen LogP contribution >= 0.6 is 0 Å². The lowest BCUT2D eigenvalue weighted by molar-refractivity contribution is -0.145. The van der Waals surface area contributed by atoms with Gasteiger partial charge in [0.1, 0.15) is 5.82 Å². The molecule has 2 saturated heterocycles. The second-order valence-corrected chi connectivity index (χ2v) is 7.21. The molecule has 1 atom stereocenters. The molecule has 1 aromatic rings. The van der Waals surface area contributed by atoms with E-state index in [-0.39, 0.29) is 24.2 Å². The average molecular weight is 377 g/mol. The third-order valence-electron chi connectivity index (χ3n) is 5.91. The Kier molecular flexibility index (Phi) is 5.34. The van der Waals surface area contributed by atoms with Crippen molar-refractivity contribution in [2.45, 2.75) is 31.2 Å². The van der Waals surface area contributed by atoms with E-state index in [1.165, 1.54) is 6.07 Å². The second-order valence-electron chi connectivity index (χ2n) is 7.21. The van der Waals surface area contributed by atoms with Gasteiger partial charge in [-0.3, -0.25) is 9.59 Å². The van der Waals surface area contributed by atoms with Crippen LogP contribution in [0.4, 0.5) is 9.18 Å². The fourth-order valence-corrected chi connectivity index (χ4v) is 4.20. The number of carboxylic acids is 1. The molecule has 2 aliphatic rings. The minimum absolute atomic E-state index is 0.0146. The van der Waals surface area contributed by atoms with Crippen molar-refractivity contribution in [1.29, 1.82) is 0 Å². The molecule has 7 nitrogen and oxygen atoms in total. The molecule has 0 bridgehead atoms. The highest BCUT2D eigenvalue weighted by Crippen LogP contribution is 2.42. The molecule has 1 aromatic carbocycles. The van der Waals surface area contributed by atoms with Gasteiger partial charge in [0, 0.05) is 33.1 Å². The number of carboxylic acid groups (broad SMARTS) is 1. The van der Waals surface area contributed by atoms with Gasteiger partial charge in [-0.05, 0) is 30.9 Å². The van der Waals surface area contributed by atoms with Gasteiger partial charge in [-0.25, -0.2) is 9.18 Å². The van der Waals surface area contributed by atoms with E-state index < -0.39 is 17.4 Å². The first-order valence-corrected chi connectivity index (χ1v) is 9.11. The lowest BCUT2D eigenvalue weighted by atomic mass is 9.77. The van der Waals surface area contributed by atoms with E-state index in [4.69, 9.17) is 0 Å². The van der Waals surface area contributed by atoms with Crippen molar-refractivity contribution in [2.24, 2.45) is 5.92 Å². The molecule has 2 N–H and O–H groups in total. The molecule has 1 spiro atoms. The first kappa shape index (κ1) is 19.1. The maximum Gasteiger partial charge on any atom is 0.317 e. The van der Waals surface area contributed by atoms with E-state index in [2.05, 4.69) is 5.32 Å². The zero-order valence-corrected chi connectivity index (χ0v) is 15.3. The van der Waals surface area contributed by atoms with Gasteiger partial charge in [0.15, 0.2) is 0 Å². The van der Waals surface area contributed by atoms with Crippen molar-refractivity contribution in [2.75, 3.05) is 26.7 Å². The number of piperidine rings is 1. The third kappa shape index (κ3) is 3.61. The van der Waals surface area contributed by atoms with Crippen LogP contribution in [0.2, 0.25) is 0 Å². The number of benzene rings is 1. The minimum atomic E-state index is -0.963. The standard InChI is InChI=1S/C19H24FN3O4/c1-22-16(24)12-14(17(25)26)19(22)7-10-23(11-8-19)18(27)21-9-6-13-4-2-3-5-15(13)20/h2-5,14H,6-12H2,1H3,(H,21,27)(H,25,26)/t14-/m0/s1. The number of aliphatic carboxylic acids is 1. The molecule has 0 radical (unpaired) electrons. The van der Waals surface area contributed by atoms with Crippen LogP contribution in [0, 0.1) is 11.7 Å². The van der Waals surface area contributed by atoms with E-state index in [1.807, 2.05) is 0 Å². The number of likely N-dealkylation sites (tertiary alicyclic amines) is 2. The highest BCUT2D eigenvalue weighted by atomic mass is 19.1. The van der Waals surface area contributed by atoms with Crippen molar-refractivity contribution in [1.82, 2.24) is 15.1 Å². The molecule has 0 unspecified atom stereocenters. The summed E-state index contributed by atoms with van der Waals surface area (Å²) in [4.78, 5) is 39.1. The summed E-state index contributed by atoms with van der Waals surface area (Å²) >= 11 is 0. The normalized spacial score (nSPS) is 21.6. The maximum atomic E-state index is 13.6. The number of hydrogen-bond acceptors (Lipinski definition) is 3. The van der Waals surface area contributed by atoms with Crippen LogP contribution in [-0.2, 0) is 16.0 Å². The summed E-state index contributed by atoms with van der Waals surface area (Å²) in [7, 11) is 1.65. The van der Waals surface area contributed by atoms with E-state index >= 15 is 0 Å². The number of carbonyl (C=O) groups is 3. The number of hydrogen-bond donors (Lipinski definition) is 2. The van der Waals surface area contributed by atoms with Gasteiger partial charge in [0.25, 0.3) is 0 Å². The molecule has 0 aromatic heterocycles. The first-order chi connectivity index (χ1) is 12.8. The summed E-state index contributed by atoms with van der Waals surface area (Å²) in [5.41, 5.74) is -0.168. The monoisotopic (exact) mass is 377 g/mol. The number of nitrogens with zero attached hydrogens (tertiary/aromatic N) is 2. The highest BCUT2D eigenvalue weighted by molar-refractivity contribution is 5.88. The van der Waals surface area contributed by atoms with E-state index in [0.29, 0.717) is 44.5 Å². The van der Waals surface area contributed by atoms with E-state index in [9.17, 15) is 23.9 Å². The largest absolute Gasteiger partial charge is 0.481 e. The Morgan fingerprint density at radius 3 is 2.59 bits per heavy atom. The van der Waals surface area contributed by atoms with Crippen LogP contribution in [-0.4, -0.2) is 65.0 Å². The Labute approximate surface area is 157 Å². The molecule has 3 rings (SSSR count). The van der Waals surface area contributed by atoms with Crippen LogP contribution in [0.3, 0.4) is 0 Å². The van der Waals surface area contributed by atoms with E-state index in [1.54, 1.807) is 35.0 Å². The van der Waals surface area contributed by atoms with Crippen molar-refractivity contribution in [3.8, 4) is 0 Å². The summed E-state index contributed by atoms with van der Waals surface area (Å²) in [6.07, 6.45) is 1.29. The fourth-order valence-electron chi connectivity index (χ4n) is 4.20. The van der Waals surface area contributed by atoms with Gasteiger partial charge in [-0.2, -0.15) is 0 Å². The molecule has 3 amide bonds. The Bertz CT molecular complexity index is 746. The Morgan fingerprint density at radius 2 is 1.96 bits per heavy atom. The molecule has 2 fully saturated rings. The van der Waals surface area contributed by atoms with E-state index in [0.717, 1.165) is 0 Å². The summed E-state index contributed by atoms with van der Waals surface area (Å²) in [6, 6.07) is 6.20. The quantitative estimate of drug-likeness (QED) is 0.832. The molecular weight excluding hydrogens is 353 g/mol. The number of carbonyl (C=O) groups excluding carboxylic acids is 2. The van der Waals surface area contributed by atoms with Crippen molar-refractivity contribution in [3.63, 3.8) is 0 Å². The van der Waals surface area contributed by atoms with Gasteiger partial charge in [-0.1, -0.05) is 18.2 Å². The number of urea groups is 1. The fraction of sp³-hybridized carbons (Fsp3) is 0.526. The topological polar surface area (TPSA) is 90.0 Å². The average Bonchev–Trinajstić information content (AvgIpc) is 2.89. The zero-order chi connectivity index (χ0) is 19.6. The Hall–Kier alpha value is -2.64.